The molecule has 0 bridgehead atoms. The summed E-state index contributed by atoms with van der Waals surface area (Å²) in [5.74, 6) is 0.232. The highest BCUT2D eigenvalue weighted by molar-refractivity contribution is 6.08. The van der Waals surface area contributed by atoms with Crippen LogP contribution in [0, 0.1) is 0 Å². The maximum absolute atomic E-state index is 14.7. The molecule has 50 heavy (non-hydrogen) atoms. The fourth-order valence-electron chi connectivity index (χ4n) is 7.44. The number of nitrogens with two attached hydrogens (primary N) is 1. The molecule has 7 rings (SSSR count). The molecular formula is C38H42N8O4. The first-order valence-electron chi connectivity index (χ1n) is 17.0. The van der Waals surface area contributed by atoms with E-state index in [0.717, 1.165) is 38.8 Å². The van der Waals surface area contributed by atoms with E-state index in [2.05, 4.69) is 15.0 Å². The molecule has 4 aromatic rings. The second-order valence-electron chi connectivity index (χ2n) is 14.4. The molecule has 2 fully saturated rings. The van der Waals surface area contributed by atoms with Crippen LogP contribution in [-0.2, 0) is 26.3 Å². The van der Waals surface area contributed by atoms with Crippen molar-refractivity contribution in [2.45, 2.75) is 69.6 Å². The molecular weight excluding hydrogens is 632 g/mol. The number of fused-ring (bicyclic) bond motifs is 3. The average molecular weight is 675 g/mol. The molecule has 3 amide bonds. The number of ether oxygens (including phenoxy) is 1. The van der Waals surface area contributed by atoms with Gasteiger partial charge in [-0.25, -0.2) is 4.79 Å². The third-order valence-electron chi connectivity index (χ3n) is 10.3. The van der Waals surface area contributed by atoms with Gasteiger partial charge in [0.1, 0.15) is 22.7 Å². The minimum Gasteiger partial charge on any atom is -0.444 e. The van der Waals surface area contributed by atoms with Gasteiger partial charge >= 0.3 is 6.09 Å². The fourth-order valence-corrected chi connectivity index (χ4v) is 7.44. The first-order chi connectivity index (χ1) is 23.9. The van der Waals surface area contributed by atoms with Crippen molar-refractivity contribution in [3.05, 3.63) is 84.2 Å². The summed E-state index contributed by atoms with van der Waals surface area (Å²) < 4.78 is 5.57. The summed E-state index contributed by atoms with van der Waals surface area (Å²) in [6, 6.07) is 13.7. The maximum atomic E-state index is 14.7. The molecule has 1 saturated heterocycles. The van der Waals surface area contributed by atoms with E-state index < -0.39 is 22.6 Å². The average Bonchev–Trinajstić information content (AvgIpc) is 3.90. The Labute approximate surface area is 291 Å². The van der Waals surface area contributed by atoms with Crippen molar-refractivity contribution in [1.29, 1.82) is 0 Å². The molecule has 5 heterocycles. The van der Waals surface area contributed by atoms with Crippen molar-refractivity contribution in [2.24, 2.45) is 10.7 Å². The molecule has 258 valence electrons. The van der Waals surface area contributed by atoms with Gasteiger partial charge in [-0.1, -0.05) is 30.3 Å². The van der Waals surface area contributed by atoms with Crippen molar-refractivity contribution < 1.29 is 19.1 Å². The number of piperidine rings is 1. The van der Waals surface area contributed by atoms with Crippen LogP contribution in [0.2, 0.25) is 0 Å². The van der Waals surface area contributed by atoms with Crippen LogP contribution in [0.4, 0.5) is 10.5 Å². The smallest absolute Gasteiger partial charge is 0.410 e. The van der Waals surface area contributed by atoms with Gasteiger partial charge in [-0.05, 0) is 69.5 Å². The molecule has 0 unspecified atom stereocenters. The van der Waals surface area contributed by atoms with Crippen LogP contribution in [0.15, 0.2) is 72.2 Å². The van der Waals surface area contributed by atoms with Crippen LogP contribution in [0.3, 0.4) is 0 Å². The quantitative estimate of drug-likeness (QED) is 0.226. The molecule has 12 nitrogen and oxygen atoms in total. The zero-order chi connectivity index (χ0) is 35.4. The Kier molecular flexibility index (Phi) is 8.07. The number of aromatic nitrogens is 3. The number of benzene rings is 1. The first-order valence-corrected chi connectivity index (χ1v) is 17.0. The highest BCUT2D eigenvalue weighted by atomic mass is 16.6. The molecule has 0 atom stereocenters. The summed E-state index contributed by atoms with van der Waals surface area (Å²) in [6.45, 7) is 6.45. The maximum Gasteiger partial charge on any atom is 0.410 e. The SMILES string of the molecule is CN=C(N)c1ccc(-c2c(CN3C(=O)C4(CCN(C(=O)C5(N(C)C(=O)OC(C)(C)C)CC5)CC4)c4ccncc43)ncc3ccccc23)cn1. The van der Waals surface area contributed by atoms with Gasteiger partial charge in [-0.2, -0.15) is 0 Å². The van der Waals surface area contributed by atoms with Crippen LogP contribution in [0.1, 0.15) is 63.4 Å². The lowest BCUT2D eigenvalue weighted by molar-refractivity contribution is -0.141. The Morgan fingerprint density at radius 3 is 2.40 bits per heavy atom. The number of likely N-dealkylation sites (N-methyl/N-ethyl adjacent to an activating group) is 1. The zero-order valence-electron chi connectivity index (χ0n) is 29.1. The number of carbonyl (C=O) groups excluding carboxylic acids is 3. The minimum absolute atomic E-state index is 0.0269. The first kappa shape index (κ1) is 33.1. The number of carbonyl (C=O) groups is 3. The molecule has 12 heteroatoms. The van der Waals surface area contributed by atoms with E-state index in [1.165, 1.54) is 4.90 Å². The number of hydrogen-bond acceptors (Lipinski definition) is 8. The van der Waals surface area contributed by atoms with Crippen LogP contribution in [0.25, 0.3) is 21.9 Å². The number of hydrogen-bond donors (Lipinski definition) is 1. The Morgan fingerprint density at radius 1 is 1.00 bits per heavy atom. The van der Waals surface area contributed by atoms with E-state index in [0.29, 0.717) is 50.3 Å². The van der Waals surface area contributed by atoms with Gasteiger partial charge < -0.3 is 20.3 Å². The van der Waals surface area contributed by atoms with E-state index in [1.807, 2.05) is 74.3 Å². The van der Waals surface area contributed by atoms with Gasteiger partial charge in [0.05, 0.1) is 29.5 Å². The Morgan fingerprint density at radius 2 is 1.74 bits per heavy atom. The number of rotatable bonds is 6. The lowest BCUT2D eigenvalue weighted by Gasteiger charge is -2.41. The van der Waals surface area contributed by atoms with E-state index in [1.54, 1.807) is 37.6 Å². The number of aliphatic imine (C=N–C) groups is 1. The van der Waals surface area contributed by atoms with Crippen LogP contribution < -0.4 is 10.6 Å². The van der Waals surface area contributed by atoms with Crippen molar-refractivity contribution in [3.8, 4) is 11.1 Å². The molecule has 2 N–H and O–H groups in total. The van der Waals surface area contributed by atoms with E-state index in [9.17, 15) is 14.4 Å². The molecule has 3 aliphatic rings. The molecule has 1 spiro atoms. The van der Waals surface area contributed by atoms with Crippen molar-refractivity contribution in [1.82, 2.24) is 24.8 Å². The number of nitrogens with zero attached hydrogens (tertiary/aromatic N) is 7. The monoisotopic (exact) mass is 674 g/mol. The standard InChI is InChI=1S/C38H42N8O4/c1-36(2,3)50-35(49)44(5)38(13-14-38)34(48)45-18-15-37(16-19-45)27-12-17-41-22-30(27)46(33(37)47)23-29-31(26-9-7-6-8-24(26)20-43-29)25-10-11-28(42-21-25)32(39)40-4/h6-12,17,20-22H,13-16,18-19,23H2,1-5H3,(H2,39,40). The normalized spacial score (nSPS) is 17.9. The van der Waals surface area contributed by atoms with E-state index >= 15 is 0 Å². The molecule has 1 aliphatic carbocycles. The predicted octanol–water partition coefficient (Wildman–Crippen LogP) is 4.83. The van der Waals surface area contributed by atoms with Gasteiger partial charge in [-0.15, -0.1) is 0 Å². The Hall–Kier alpha value is -5.39. The summed E-state index contributed by atoms with van der Waals surface area (Å²) in [4.78, 5) is 64.5. The summed E-state index contributed by atoms with van der Waals surface area (Å²) in [5.41, 5.74) is 8.36. The third-order valence-corrected chi connectivity index (χ3v) is 10.3. The van der Waals surface area contributed by atoms with Gasteiger partial charge in [0.2, 0.25) is 11.8 Å². The van der Waals surface area contributed by atoms with Crippen LogP contribution in [0.5, 0.6) is 0 Å². The largest absolute Gasteiger partial charge is 0.444 e. The van der Waals surface area contributed by atoms with E-state index in [-0.39, 0.29) is 18.4 Å². The molecule has 1 aromatic carbocycles. The second-order valence-corrected chi connectivity index (χ2v) is 14.4. The summed E-state index contributed by atoms with van der Waals surface area (Å²) in [7, 11) is 3.27. The third kappa shape index (κ3) is 5.52. The summed E-state index contributed by atoms with van der Waals surface area (Å²) in [5, 5.41) is 1.97. The van der Waals surface area contributed by atoms with Gasteiger partial charge in [0, 0.05) is 62.3 Å². The number of pyridine rings is 3. The number of amides is 3. The predicted molar refractivity (Wildman–Crippen MR) is 191 cm³/mol. The zero-order valence-corrected chi connectivity index (χ0v) is 29.1. The topological polar surface area (TPSA) is 147 Å². The lowest BCUT2D eigenvalue weighted by atomic mass is 9.74. The van der Waals surface area contributed by atoms with Crippen molar-refractivity contribution >= 4 is 40.2 Å². The van der Waals surface area contributed by atoms with Crippen LogP contribution in [-0.4, -0.2) is 86.8 Å². The van der Waals surface area contributed by atoms with Gasteiger partial charge in [0.25, 0.3) is 0 Å². The molecule has 0 radical (unpaired) electrons. The van der Waals surface area contributed by atoms with E-state index in [4.69, 9.17) is 15.5 Å². The van der Waals surface area contributed by atoms with Crippen molar-refractivity contribution in [3.63, 3.8) is 0 Å². The molecule has 1 saturated carbocycles. The minimum atomic E-state index is -0.902. The number of anilines is 1. The lowest BCUT2D eigenvalue weighted by Crippen LogP contribution is -2.56. The highest BCUT2D eigenvalue weighted by Crippen LogP contribution is 2.50. The van der Waals surface area contributed by atoms with Gasteiger partial charge in [0.15, 0.2) is 0 Å². The number of amidine groups is 1. The molecule has 2 aliphatic heterocycles. The Balaban J connectivity index is 1.17. The van der Waals surface area contributed by atoms with Crippen LogP contribution >= 0.6 is 0 Å². The van der Waals surface area contributed by atoms with Crippen molar-refractivity contribution in [2.75, 3.05) is 32.1 Å². The number of likely N-dealkylation sites (tertiary alicyclic amines) is 1. The summed E-state index contributed by atoms with van der Waals surface area (Å²) in [6.07, 6.45) is 8.66. The highest BCUT2D eigenvalue weighted by Gasteiger charge is 2.59. The fraction of sp³-hybridized carbons (Fsp3) is 0.395. The Bertz CT molecular complexity index is 2020. The molecule has 3 aromatic heterocycles. The van der Waals surface area contributed by atoms with Gasteiger partial charge in [-0.3, -0.25) is 34.4 Å². The summed E-state index contributed by atoms with van der Waals surface area (Å²) >= 11 is 0. The second kappa shape index (κ2) is 12.2.